The molecule has 3 nitrogen and oxygen atoms in total. The third-order valence-electron chi connectivity index (χ3n) is 2.43. The van der Waals surface area contributed by atoms with Crippen molar-refractivity contribution >= 4 is 11.3 Å². The Morgan fingerprint density at radius 3 is 3.00 bits per heavy atom. The van der Waals surface area contributed by atoms with E-state index in [2.05, 4.69) is 17.2 Å². The first-order valence-corrected chi connectivity index (χ1v) is 5.52. The van der Waals surface area contributed by atoms with Gasteiger partial charge in [-0.1, -0.05) is 6.92 Å². The van der Waals surface area contributed by atoms with Gasteiger partial charge in [-0.05, 0) is 6.42 Å². The quantitative estimate of drug-likeness (QED) is 0.760. The Balaban J connectivity index is 2.05. The average Bonchev–Trinajstić information content (AvgIpc) is 2.48. The average molecular weight is 198 g/mol. The van der Waals surface area contributed by atoms with Crippen LogP contribution < -0.4 is 5.32 Å². The molecule has 1 saturated heterocycles. The van der Waals surface area contributed by atoms with Gasteiger partial charge >= 0.3 is 0 Å². The second kappa shape index (κ2) is 3.74. The van der Waals surface area contributed by atoms with Gasteiger partial charge in [0.05, 0.1) is 10.7 Å². The number of aromatic nitrogens is 1. The lowest BCUT2D eigenvalue weighted by Gasteiger charge is -2.30. The molecular weight excluding hydrogens is 184 g/mol. The number of aliphatic hydroxyl groups excluding tert-OH is 1. The lowest BCUT2D eigenvalue weighted by molar-refractivity contribution is 0.0735. The molecule has 1 aliphatic rings. The highest BCUT2D eigenvalue weighted by Gasteiger charge is 2.27. The summed E-state index contributed by atoms with van der Waals surface area (Å²) in [5.41, 5.74) is 0.855. The lowest BCUT2D eigenvalue weighted by Crippen LogP contribution is -2.45. The molecule has 1 atom stereocenters. The fourth-order valence-electron chi connectivity index (χ4n) is 1.40. The van der Waals surface area contributed by atoms with Gasteiger partial charge in [0, 0.05) is 24.4 Å². The zero-order valence-corrected chi connectivity index (χ0v) is 8.47. The molecule has 0 aliphatic carbocycles. The topological polar surface area (TPSA) is 45.2 Å². The zero-order valence-electron chi connectivity index (χ0n) is 7.66. The smallest absolute Gasteiger partial charge is 0.102 e. The minimum Gasteiger partial charge on any atom is -0.386 e. The fraction of sp³-hybridized carbons (Fsp3) is 0.667. The molecule has 1 unspecified atom stereocenters. The number of hydrogen-bond donors (Lipinski definition) is 2. The molecular formula is C9H14N2OS. The number of aryl methyl sites for hydroxylation is 1. The first-order valence-electron chi connectivity index (χ1n) is 4.64. The Kier molecular flexibility index (Phi) is 2.62. The van der Waals surface area contributed by atoms with E-state index in [-0.39, 0.29) is 6.10 Å². The normalized spacial score (nSPS) is 19.8. The van der Waals surface area contributed by atoms with Crippen molar-refractivity contribution in [3.8, 4) is 0 Å². The Morgan fingerprint density at radius 2 is 2.54 bits per heavy atom. The highest BCUT2D eigenvalue weighted by Crippen LogP contribution is 2.25. The number of aliphatic hydroxyl groups is 1. The van der Waals surface area contributed by atoms with Crippen LogP contribution in [0.4, 0.5) is 0 Å². The fourth-order valence-corrected chi connectivity index (χ4v) is 2.17. The number of rotatable bonds is 3. The van der Waals surface area contributed by atoms with Gasteiger partial charge in [0.2, 0.25) is 0 Å². The first kappa shape index (κ1) is 9.12. The molecule has 0 aromatic carbocycles. The van der Waals surface area contributed by atoms with E-state index >= 15 is 0 Å². The summed E-state index contributed by atoms with van der Waals surface area (Å²) in [6.07, 6.45) is 0.595. The summed E-state index contributed by atoms with van der Waals surface area (Å²) < 4.78 is 0. The van der Waals surface area contributed by atoms with Crippen LogP contribution in [0.5, 0.6) is 0 Å². The zero-order chi connectivity index (χ0) is 9.26. The number of hydrogen-bond acceptors (Lipinski definition) is 4. The van der Waals surface area contributed by atoms with Crippen molar-refractivity contribution < 1.29 is 5.11 Å². The van der Waals surface area contributed by atoms with Gasteiger partial charge in [0.25, 0.3) is 0 Å². The van der Waals surface area contributed by atoms with E-state index < -0.39 is 0 Å². The summed E-state index contributed by atoms with van der Waals surface area (Å²) in [4.78, 5) is 4.37. The van der Waals surface area contributed by atoms with Crippen LogP contribution in [0.2, 0.25) is 0 Å². The van der Waals surface area contributed by atoms with Crippen LogP contribution in [0.1, 0.15) is 23.7 Å². The molecule has 2 rings (SSSR count). The van der Waals surface area contributed by atoms with E-state index in [9.17, 15) is 5.11 Å². The van der Waals surface area contributed by atoms with E-state index in [1.165, 1.54) is 0 Å². The predicted octanol–water partition coefficient (Wildman–Crippen LogP) is 0.958. The van der Waals surface area contributed by atoms with Gasteiger partial charge in [-0.15, -0.1) is 11.3 Å². The molecule has 1 aromatic rings. The summed E-state index contributed by atoms with van der Waals surface area (Å²) in [6, 6.07) is 0. The minimum absolute atomic E-state index is 0.363. The number of thiazole rings is 1. The SMILES string of the molecule is CCc1nc(C(O)C2CNC2)cs1. The van der Waals surface area contributed by atoms with E-state index in [1.54, 1.807) is 11.3 Å². The monoisotopic (exact) mass is 198 g/mol. The molecule has 0 saturated carbocycles. The lowest BCUT2D eigenvalue weighted by atomic mass is 9.95. The second-order valence-electron chi connectivity index (χ2n) is 3.38. The second-order valence-corrected chi connectivity index (χ2v) is 4.33. The standard InChI is InChI=1S/C9H14N2OS/c1-2-8-11-7(5-13-8)9(12)6-3-10-4-6/h5-6,9-10,12H,2-4H2,1H3. The van der Waals surface area contributed by atoms with Crippen molar-refractivity contribution in [2.45, 2.75) is 19.4 Å². The molecule has 2 heterocycles. The van der Waals surface area contributed by atoms with Crippen LogP contribution in [0.3, 0.4) is 0 Å². The summed E-state index contributed by atoms with van der Waals surface area (Å²) >= 11 is 1.64. The molecule has 1 aliphatic heterocycles. The molecule has 1 aromatic heterocycles. The first-order chi connectivity index (χ1) is 6.31. The number of nitrogens with one attached hydrogen (secondary N) is 1. The summed E-state index contributed by atoms with van der Waals surface area (Å²) in [5, 5.41) is 16.1. The van der Waals surface area contributed by atoms with E-state index in [4.69, 9.17) is 0 Å². The van der Waals surface area contributed by atoms with Crippen LogP contribution >= 0.6 is 11.3 Å². The van der Waals surface area contributed by atoms with Gasteiger partial charge in [0.15, 0.2) is 0 Å². The van der Waals surface area contributed by atoms with Crippen LogP contribution in [0, 0.1) is 5.92 Å². The molecule has 0 amide bonds. The highest BCUT2D eigenvalue weighted by molar-refractivity contribution is 7.09. The van der Waals surface area contributed by atoms with E-state index in [1.807, 2.05) is 5.38 Å². The molecule has 72 valence electrons. The number of nitrogens with zero attached hydrogens (tertiary/aromatic N) is 1. The highest BCUT2D eigenvalue weighted by atomic mass is 32.1. The molecule has 2 N–H and O–H groups in total. The van der Waals surface area contributed by atoms with E-state index in [0.717, 1.165) is 30.2 Å². The Hall–Kier alpha value is -0.450. The van der Waals surface area contributed by atoms with Gasteiger partial charge in [-0.3, -0.25) is 0 Å². The molecule has 4 heteroatoms. The third-order valence-corrected chi connectivity index (χ3v) is 3.45. The molecule has 0 bridgehead atoms. The summed E-state index contributed by atoms with van der Waals surface area (Å²) in [7, 11) is 0. The molecule has 1 fully saturated rings. The Morgan fingerprint density at radius 1 is 1.77 bits per heavy atom. The van der Waals surface area contributed by atoms with Crippen LogP contribution in [0.15, 0.2) is 5.38 Å². The van der Waals surface area contributed by atoms with Gasteiger partial charge in [-0.25, -0.2) is 4.98 Å². The van der Waals surface area contributed by atoms with Crippen molar-refractivity contribution in [2.75, 3.05) is 13.1 Å². The molecule has 0 spiro atoms. The van der Waals surface area contributed by atoms with Gasteiger partial charge in [-0.2, -0.15) is 0 Å². The molecule has 13 heavy (non-hydrogen) atoms. The maximum Gasteiger partial charge on any atom is 0.102 e. The maximum absolute atomic E-state index is 9.85. The summed E-state index contributed by atoms with van der Waals surface area (Å²) in [5.74, 6) is 0.367. The van der Waals surface area contributed by atoms with Gasteiger partial charge < -0.3 is 10.4 Å². The van der Waals surface area contributed by atoms with Crippen molar-refractivity contribution in [3.05, 3.63) is 16.1 Å². The van der Waals surface area contributed by atoms with Crippen LogP contribution in [-0.4, -0.2) is 23.2 Å². The predicted molar refractivity (Wildman–Crippen MR) is 52.8 cm³/mol. The Labute approximate surface area is 81.8 Å². The van der Waals surface area contributed by atoms with Crippen molar-refractivity contribution in [1.82, 2.24) is 10.3 Å². The molecule has 0 radical (unpaired) electrons. The van der Waals surface area contributed by atoms with Crippen LogP contribution in [-0.2, 0) is 6.42 Å². The van der Waals surface area contributed by atoms with Crippen molar-refractivity contribution in [2.24, 2.45) is 5.92 Å². The van der Waals surface area contributed by atoms with Gasteiger partial charge in [0.1, 0.15) is 6.10 Å². The van der Waals surface area contributed by atoms with E-state index in [0.29, 0.717) is 5.92 Å². The van der Waals surface area contributed by atoms with Crippen molar-refractivity contribution in [1.29, 1.82) is 0 Å². The largest absolute Gasteiger partial charge is 0.386 e. The Bertz CT molecular complexity index is 283. The minimum atomic E-state index is -0.363. The third kappa shape index (κ3) is 1.75. The maximum atomic E-state index is 9.85. The van der Waals surface area contributed by atoms with Crippen molar-refractivity contribution in [3.63, 3.8) is 0 Å². The summed E-state index contributed by atoms with van der Waals surface area (Å²) in [6.45, 7) is 3.92. The van der Waals surface area contributed by atoms with Crippen LogP contribution in [0.25, 0.3) is 0 Å².